The first-order valence-corrected chi connectivity index (χ1v) is 11.2. The lowest BCUT2D eigenvalue weighted by Crippen LogP contribution is -2.19. The first-order chi connectivity index (χ1) is 17.1. The normalized spacial score (nSPS) is 10.9. The lowest BCUT2D eigenvalue weighted by molar-refractivity contribution is 0.333. The van der Waals surface area contributed by atoms with E-state index in [-0.39, 0.29) is 16.9 Å². The zero-order valence-electron chi connectivity index (χ0n) is 19.0. The van der Waals surface area contributed by atoms with Gasteiger partial charge in [-0.2, -0.15) is 15.3 Å². The molecule has 0 N–H and O–H groups in total. The van der Waals surface area contributed by atoms with Crippen molar-refractivity contribution in [3.8, 4) is 39.9 Å². The molecule has 2 aromatic carbocycles. The maximum absolute atomic E-state index is 13.3. The molecular formula is C25H21ClN6O3. The van der Waals surface area contributed by atoms with Crippen LogP contribution in [0.3, 0.4) is 0 Å². The van der Waals surface area contributed by atoms with Gasteiger partial charge in [-0.3, -0.25) is 4.79 Å². The molecule has 0 unspecified atom stereocenters. The van der Waals surface area contributed by atoms with Crippen LogP contribution in [0.25, 0.3) is 28.5 Å². The Balaban J connectivity index is 1.68. The van der Waals surface area contributed by atoms with Crippen molar-refractivity contribution in [2.24, 2.45) is 0 Å². The van der Waals surface area contributed by atoms with Crippen LogP contribution >= 0.6 is 11.6 Å². The highest BCUT2D eigenvalue weighted by atomic mass is 35.5. The predicted octanol–water partition coefficient (Wildman–Crippen LogP) is 4.33. The largest absolute Gasteiger partial charge is 0.494 e. The highest BCUT2D eigenvalue weighted by Gasteiger charge is 2.19. The van der Waals surface area contributed by atoms with Crippen molar-refractivity contribution in [1.29, 1.82) is 0 Å². The van der Waals surface area contributed by atoms with Gasteiger partial charge in [0.15, 0.2) is 11.4 Å². The summed E-state index contributed by atoms with van der Waals surface area (Å²) in [4.78, 5) is 13.3. The molecule has 9 nitrogen and oxygen atoms in total. The highest BCUT2D eigenvalue weighted by molar-refractivity contribution is 6.30. The van der Waals surface area contributed by atoms with Gasteiger partial charge in [0.25, 0.3) is 5.43 Å². The topological polar surface area (TPSA) is 89.0 Å². The van der Waals surface area contributed by atoms with Gasteiger partial charge in [0.2, 0.25) is 0 Å². The molecule has 0 saturated heterocycles. The molecule has 35 heavy (non-hydrogen) atoms. The van der Waals surface area contributed by atoms with Crippen LogP contribution < -0.4 is 14.9 Å². The van der Waals surface area contributed by atoms with Gasteiger partial charge >= 0.3 is 0 Å². The summed E-state index contributed by atoms with van der Waals surface area (Å²) < 4.78 is 16.3. The van der Waals surface area contributed by atoms with Crippen molar-refractivity contribution in [2.75, 3.05) is 13.7 Å². The van der Waals surface area contributed by atoms with Gasteiger partial charge in [-0.15, -0.1) is 0 Å². The van der Waals surface area contributed by atoms with E-state index >= 15 is 0 Å². The van der Waals surface area contributed by atoms with Gasteiger partial charge in [-0.1, -0.05) is 17.7 Å². The Kier molecular flexibility index (Phi) is 6.07. The Hall–Kier alpha value is -4.37. The number of hydrogen-bond donors (Lipinski definition) is 0. The van der Waals surface area contributed by atoms with Crippen LogP contribution in [0.2, 0.25) is 5.02 Å². The monoisotopic (exact) mass is 488 g/mol. The maximum atomic E-state index is 13.3. The number of nitrogens with zero attached hydrogens (tertiary/aromatic N) is 6. The Bertz CT molecular complexity index is 1540. The minimum Gasteiger partial charge on any atom is -0.494 e. The molecule has 0 atom stereocenters. The fourth-order valence-electron chi connectivity index (χ4n) is 3.73. The van der Waals surface area contributed by atoms with Crippen molar-refractivity contribution in [3.63, 3.8) is 0 Å². The summed E-state index contributed by atoms with van der Waals surface area (Å²) in [5.41, 5.74) is 2.47. The van der Waals surface area contributed by atoms with Crippen LogP contribution in [0.4, 0.5) is 0 Å². The van der Waals surface area contributed by atoms with E-state index in [1.807, 2.05) is 49.5 Å². The highest BCUT2D eigenvalue weighted by Crippen LogP contribution is 2.28. The number of benzene rings is 2. The van der Waals surface area contributed by atoms with E-state index in [1.54, 1.807) is 57.9 Å². The molecule has 0 spiro atoms. The van der Waals surface area contributed by atoms with Crippen LogP contribution in [0.15, 0.2) is 84.2 Å². The summed E-state index contributed by atoms with van der Waals surface area (Å²) in [7, 11) is 1.58. The number of hydrogen-bond acceptors (Lipinski definition) is 6. The average molecular weight is 489 g/mol. The van der Waals surface area contributed by atoms with Gasteiger partial charge in [0.1, 0.15) is 11.4 Å². The zero-order chi connectivity index (χ0) is 24.4. The van der Waals surface area contributed by atoms with Crippen LogP contribution in [0.5, 0.6) is 11.5 Å². The quantitative estimate of drug-likeness (QED) is 0.339. The van der Waals surface area contributed by atoms with E-state index < -0.39 is 0 Å². The van der Waals surface area contributed by atoms with Crippen LogP contribution in [-0.4, -0.2) is 43.1 Å². The van der Waals surface area contributed by atoms with E-state index in [1.165, 1.54) is 0 Å². The second kappa shape index (κ2) is 9.47. The number of aromatic nitrogens is 6. The number of ether oxygens (including phenoxy) is 2. The van der Waals surface area contributed by atoms with Gasteiger partial charge in [0, 0.05) is 23.5 Å². The van der Waals surface area contributed by atoms with Crippen molar-refractivity contribution in [3.05, 3.63) is 94.6 Å². The van der Waals surface area contributed by atoms with Gasteiger partial charge in [-0.25, -0.2) is 14.0 Å². The first-order valence-electron chi connectivity index (χ1n) is 10.8. The third kappa shape index (κ3) is 4.29. The zero-order valence-corrected chi connectivity index (χ0v) is 19.8. The van der Waals surface area contributed by atoms with Crippen molar-refractivity contribution < 1.29 is 9.47 Å². The molecule has 0 amide bonds. The average Bonchev–Trinajstić information content (AvgIpc) is 3.58. The lowest BCUT2D eigenvalue weighted by Gasteiger charge is -2.15. The molecule has 10 heteroatoms. The summed E-state index contributed by atoms with van der Waals surface area (Å²) >= 11 is 6.18. The van der Waals surface area contributed by atoms with E-state index in [2.05, 4.69) is 15.3 Å². The third-order valence-corrected chi connectivity index (χ3v) is 5.54. The summed E-state index contributed by atoms with van der Waals surface area (Å²) in [5.74, 6) is 0.709. The van der Waals surface area contributed by atoms with E-state index in [0.29, 0.717) is 34.4 Å². The first kappa shape index (κ1) is 22.4. The molecule has 0 aliphatic carbocycles. The van der Waals surface area contributed by atoms with Gasteiger partial charge in [-0.05, 0) is 49.4 Å². The third-order valence-electron chi connectivity index (χ3n) is 5.30. The number of methoxy groups -OCH3 is 1. The standard InChI is InChI=1S/C25H21ClN6O3/c1-3-35-23-16-31(20-9-8-18(15-22(20)34-2)30-13-5-11-27-30)29-24(25(23)33)21-10-12-28-32(21)19-7-4-6-17(26)14-19/h4-16H,3H2,1-2H3. The van der Waals surface area contributed by atoms with Crippen molar-refractivity contribution >= 4 is 11.6 Å². The molecule has 176 valence electrons. The van der Waals surface area contributed by atoms with Crippen molar-refractivity contribution in [2.45, 2.75) is 6.92 Å². The summed E-state index contributed by atoms with van der Waals surface area (Å²) in [5, 5.41) is 13.9. The van der Waals surface area contributed by atoms with Gasteiger partial charge < -0.3 is 9.47 Å². The van der Waals surface area contributed by atoms with Crippen molar-refractivity contribution in [1.82, 2.24) is 29.3 Å². The lowest BCUT2D eigenvalue weighted by atomic mass is 10.2. The maximum Gasteiger partial charge on any atom is 0.251 e. The molecule has 0 aliphatic heterocycles. The van der Waals surface area contributed by atoms with Gasteiger partial charge in [0.05, 0.1) is 43.2 Å². The fourth-order valence-corrected chi connectivity index (χ4v) is 3.92. The summed E-state index contributed by atoms with van der Waals surface area (Å²) in [6, 6.07) is 16.4. The molecule has 0 bridgehead atoms. The Morgan fingerprint density at radius 3 is 2.57 bits per heavy atom. The molecule has 3 aromatic heterocycles. The molecular weight excluding hydrogens is 468 g/mol. The second-order valence-corrected chi connectivity index (χ2v) is 7.90. The molecule has 5 rings (SSSR count). The SMILES string of the molecule is CCOc1cn(-c2ccc(-n3cccn3)cc2OC)nc(-c2ccnn2-c2cccc(Cl)c2)c1=O. The smallest absolute Gasteiger partial charge is 0.251 e. The fraction of sp³-hybridized carbons (Fsp3) is 0.120. The van der Waals surface area contributed by atoms with E-state index in [4.69, 9.17) is 21.1 Å². The molecule has 5 aromatic rings. The predicted molar refractivity (Wildman–Crippen MR) is 132 cm³/mol. The molecule has 0 fully saturated rings. The summed E-state index contributed by atoms with van der Waals surface area (Å²) in [6.45, 7) is 2.14. The van der Waals surface area contributed by atoms with E-state index in [9.17, 15) is 4.79 Å². The Labute approximate surface area is 205 Å². The molecule has 3 heterocycles. The second-order valence-electron chi connectivity index (χ2n) is 7.46. The number of rotatable bonds is 7. The number of halogens is 1. The molecule has 0 aliphatic rings. The minimum absolute atomic E-state index is 0.162. The van der Waals surface area contributed by atoms with Crippen LogP contribution in [0, 0.1) is 0 Å². The molecule has 0 radical (unpaired) electrons. The summed E-state index contributed by atoms with van der Waals surface area (Å²) in [6.07, 6.45) is 6.71. The molecule has 0 saturated carbocycles. The Morgan fingerprint density at radius 2 is 1.83 bits per heavy atom. The van der Waals surface area contributed by atoms with Crippen LogP contribution in [-0.2, 0) is 0 Å². The van der Waals surface area contributed by atoms with Crippen LogP contribution in [0.1, 0.15) is 6.92 Å². The Morgan fingerprint density at radius 1 is 0.943 bits per heavy atom. The van der Waals surface area contributed by atoms with E-state index in [0.717, 1.165) is 5.69 Å². The minimum atomic E-state index is -0.348.